The van der Waals surface area contributed by atoms with Gasteiger partial charge < -0.3 is 18.6 Å². The molecule has 35 heavy (non-hydrogen) atoms. The van der Waals surface area contributed by atoms with Gasteiger partial charge in [0.1, 0.15) is 24.2 Å². The van der Waals surface area contributed by atoms with Crippen molar-refractivity contribution in [3.63, 3.8) is 0 Å². The maximum absolute atomic E-state index is 12.3. The van der Waals surface area contributed by atoms with E-state index in [1.165, 1.54) is 7.11 Å². The molecule has 2 aromatic heterocycles. The lowest BCUT2D eigenvalue weighted by molar-refractivity contribution is -0.144. The number of hydrogen-bond acceptors (Lipinski definition) is 4. The van der Waals surface area contributed by atoms with E-state index in [-0.39, 0.29) is 5.97 Å². The number of aromatic nitrogens is 3. The molecule has 0 bridgehead atoms. The zero-order valence-corrected chi connectivity index (χ0v) is 19.6. The average Bonchev–Trinajstić information content (AvgIpc) is 3.57. The molecule has 2 heterocycles. The van der Waals surface area contributed by atoms with Crippen molar-refractivity contribution < 1.29 is 14.3 Å². The minimum atomic E-state index is -0.396. The van der Waals surface area contributed by atoms with Gasteiger partial charge in [-0.2, -0.15) is 0 Å². The number of esters is 1. The Labute approximate surface area is 204 Å². The molecule has 0 unspecified atom stereocenters. The van der Waals surface area contributed by atoms with E-state index in [0.717, 1.165) is 33.7 Å². The van der Waals surface area contributed by atoms with Gasteiger partial charge in [-0.3, -0.25) is 0 Å². The Morgan fingerprint density at radius 2 is 1.60 bits per heavy atom. The number of rotatable bonds is 9. The first kappa shape index (κ1) is 22.5. The number of hydrogen-bond donors (Lipinski definition) is 0. The maximum atomic E-state index is 12.3. The highest BCUT2D eigenvalue weighted by atomic mass is 16.5. The second-order valence-corrected chi connectivity index (χ2v) is 8.31. The van der Waals surface area contributed by atoms with Crippen molar-refractivity contribution in [1.82, 2.24) is 14.1 Å². The molecule has 5 aromatic rings. The normalized spacial score (nSPS) is 11.9. The fourth-order valence-corrected chi connectivity index (χ4v) is 4.31. The summed E-state index contributed by atoms with van der Waals surface area (Å²) < 4.78 is 15.2. The summed E-state index contributed by atoms with van der Waals surface area (Å²) in [6.45, 7) is 1.18. The molecule has 0 N–H and O–H groups in total. The number of carbonyl (C=O) groups excluding carboxylic acids is 1. The molecule has 3 aromatic carbocycles. The smallest absolute Gasteiger partial charge is 0.329 e. The first-order valence-electron chi connectivity index (χ1n) is 11.7. The minimum absolute atomic E-state index is 0.261. The number of para-hydroxylation sites is 2. The van der Waals surface area contributed by atoms with Gasteiger partial charge in [-0.1, -0.05) is 54.6 Å². The fourth-order valence-electron chi connectivity index (χ4n) is 4.31. The number of fused-ring (bicyclic) bond motifs is 1. The Morgan fingerprint density at radius 1 is 0.886 bits per heavy atom. The number of ether oxygens (including phenoxy) is 2. The molecule has 176 valence electrons. The van der Waals surface area contributed by atoms with E-state index in [2.05, 4.69) is 22.8 Å². The van der Waals surface area contributed by atoms with Crippen LogP contribution in [-0.2, 0) is 22.5 Å². The van der Waals surface area contributed by atoms with Gasteiger partial charge in [0.25, 0.3) is 0 Å². The first-order chi connectivity index (χ1) is 17.2. The lowest BCUT2D eigenvalue weighted by Crippen LogP contribution is -2.22. The highest BCUT2D eigenvalue weighted by Crippen LogP contribution is 2.25. The van der Waals surface area contributed by atoms with Crippen molar-refractivity contribution in [2.45, 2.75) is 19.0 Å². The average molecular weight is 466 g/mol. The Bertz CT molecular complexity index is 1390. The Hall–Kier alpha value is -4.32. The van der Waals surface area contributed by atoms with Gasteiger partial charge in [0.2, 0.25) is 0 Å². The zero-order chi connectivity index (χ0) is 24.0. The molecule has 6 heteroatoms. The highest BCUT2D eigenvalue weighted by molar-refractivity contribution is 5.80. The van der Waals surface area contributed by atoms with Crippen LogP contribution in [0.25, 0.3) is 22.4 Å². The molecule has 0 amide bonds. The third kappa shape index (κ3) is 4.96. The summed E-state index contributed by atoms with van der Waals surface area (Å²) in [6.07, 6.45) is 4.30. The van der Waals surface area contributed by atoms with Crippen LogP contribution in [0.1, 0.15) is 11.6 Å². The van der Waals surface area contributed by atoms with Crippen molar-refractivity contribution in [2.24, 2.45) is 0 Å². The molecule has 0 saturated heterocycles. The van der Waals surface area contributed by atoms with Crippen molar-refractivity contribution >= 4 is 17.0 Å². The molecule has 0 saturated carbocycles. The van der Waals surface area contributed by atoms with Crippen molar-refractivity contribution in [3.8, 4) is 17.1 Å². The third-order valence-electron chi connectivity index (χ3n) is 6.08. The predicted molar refractivity (Wildman–Crippen MR) is 136 cm³/mol. The van der Waals surface area contributed by atoms with Gasteiger partial charge >= 0.3 is 5.97 Å². The summed E-state index contributed by atoms with van der Waals surface area (Å²) in [5.74, 6) is 1.46. The van der Waals surface area contributed by atoms with E-state index in [0.29, 0.717) is 19.6 Å². The monoisotopic (exact) mass is 465 g/mol. The minimum Gasteiger partial charge on any atom is -0.492 e. The van der Waals surface area contributed by atoms with Crippen molar-refractivity contribution in [1.29, 1.82) is 0 Å². The maximum Gasteiger partial charge on any atom is 0.329 e. The summed E-state index contributed by atoms with van der Waals surface area (Å²) in [6, 6.07) is 29.7. The Balaban J connectivity index is 1.27. The number of nitrogens with zero attached hydrogens (tertiary/aromatic N) is 3. The van der Waals surface area contributed by atoms with Gasteiger partial charge in [-0.05, 0) is 42.0 Å². The largest absolute Gasteiger partial charge is 0.492 e. The molecule has 0 radical (unpaired) electrons. The van der Waals surface area contributed by atoms with Crippen LogP contribution in [0.3, 0.4) is 0 Å². The van der Waals surface area contributed by atoms with Crippen LogP contribution in [0.2, 0.25) is 0 Å². The second-order valence-electron chi connectivity index (χ2n) is 8.31. The number of carbonyl (C=O) groups is 1. The summed E-state index contributed by atoms with van der Waals surface area (Å²) >= 11 is 0. The van der Waals surface area contributed by atoms with Crippen LogP contribution in [0, 0.1) is 0 Å². The molecule has 6 nitrogen and oxygen atoms in total. The molecule has 0 spiro atoms. The van der Waals surface area contributed by atoms with Crippen LogP contribution in [-0.4, -0.2) is 33.8 Å². The highest BCUT2D eigenvalue weighted by Gasteiger charge is 2.21. The topological polar surface area (TPSA) is 58.3 Å². The van der Waals surface area contributed by atoms with Crippen LogP contribution < -0.4 is 4.74 Å². The van der Waals surface area contributed by atoms with Crippen LogP contribution in [0.4, 0.5) is 0 Å². The van der Waals surface area contributed by atoms with Gasteiger partial charge in [-0.25, -0.2) is 9.78 Å². The van der Waals surface area contributed by atoms with Crippen LogP contribution in [0.15, 0.2) is 103 Å². The fraction of sp³-hybridized carbons (Fsp3) is 0.172. The van der Waals surface area contributed by atoms with Crippen LogP contribution >= 0.6 is 0 Å². The molecule has 1 atom stereocenters. The third-order valence-corrected chi connectivity index (χ3v) is 6.08. The van der Waals surface area contributed by atoms with Crippen molar-refractivity contribution in [2.75, 3.05) is 13.7 Å². The Morgan fingerprint density at radius 3 is 2.34 bits per heavy atom. The lowest BCUT2D eigenvalue weighted by atomic mass is 10.1. The van der Waals surface area contributed by atoms with E-state index < -0.39 is 6.04 Å². The number of benzene rings is 3. The lowest BCUT2D eigenvalue weighted by Gasteiger charge is -2.17. The molecule has 0 aliphatic rings. The summed E-state index contributed by atoms with van der Waals surface area (Å²) in [7, 11) is 1.42. The molecule has 0 fully saturated rings. The van der Waals surface area contributed by atoms with E-state index in [1.54, 1.807) is 0 Å². The van der Waals surface area contributed by atoms with E-state index >= 15 is 0 Å². The van der Waals surface area contributed by atoms with Gasteiger partial charge in [0.15, 0.2) is 0 Å². The van der Waals surface area contributed by atoms with Gasteiger partial charge in [0.05, 0.1) is 24.7 Å². The van der Waals surface area contributed by atoms with Crippen molar-refractivity contribution in [3.05, 3.63) is 109 Å². The standard InChI is InChI=1S/C29H27N3O3/c1-34-29(33)27(31-17-7-8-18-31)21-22-13-15-24(16-14-22)35-20-19-32-26-12-6-5-11-25(26)30-28(32)23-9-3-2-4-10-23/h2-18,27H,19-21H2,1H3/t27-/m0/s1. The van der Waals surface area contributed by atoms with Gasteiger partial charge in [0, 0.05) is 24.4 Å². The Kier molecular flexibility index (Phi) is 6.61. The SMILES string of the molecule is COC(=O)[C@H](Cc1ccc(OCCn2c(-c3ccccc3)nc3ccccc32)cc1)n1cccc1. The molecular formula is C29H27N3O3. The molecular weight excluding hydrogens is 438 g/mol. The zero-order valence-electron chi connectivity index (χ0n) is 19.6. The van der Waals surface area contributed by atoms with E-state index in [9.17, 15) is 4.79 Å². The molecule has 5 rings (SSSR count). The van der Waals surface area contributed by atoms with E-state index in [4.69, 9.17) is 14.5 Å². The van der Waals surface area contributed by atoms with Crippen LogP contribution in [0.5, 0.6) is 5.75 Å². The molecule has 0 aliphatic heterocycles. The summed E-state index contributed by atoms with van der Waals surface area (Å²) in [5.41, 5.74) is 4.17. The predicted octanol–water partition coefficient (Wildman–Crippen LogP) is 5.54. The summed E-state index contributed by atoms with van der Waals surface area (Å²) in [5, 5.41) is 0. The first-order valence-corrected chi connectivity index (χ1v) is 11.7. The quantitative estimate of drug-likeness (QED) is 0.268. The number of methoxy groups -OCH3 is 1. The van der Waals surface area contributed by atoms with E-state index in [1.807, 2.05) is 89.8 Å². The van der Waals surface area contributed by atoms with Gasteiger partial charge in [-0.15, -0.1) is 0 Å². The summed E-state index contributed by atoms with van der Waals surface area (Å²) in [4.78, 5) is 17.1. The number of imidazole rings is 1. The molecule has 0 aliphatic carbocycles. The second kappa shape index (κ2) is 10.3.